The molecule has 3 N–H and O–H groups in total. The molecule has 0 bridgehead atoms. The Bertz CT molecular complexity index is 523. The first-order valence-electron chi connectivity index (χ1n) is 7.22. The van der Waals surface area contributed by atoms with E-state index in [9.17, 15) is 4.79 Å². The Morgan fingerprint density at radius 2 is 2.00 bits per heavy atom. The van der Waals surface area contributed by atoms with Crippen LogP contribution in [0.3, 0.4) is 0 Å². The van der Waals surface area contributed by atoms with E-state index < -0.39 is 5.41 Å². The van der Waals surface area contributed by atoms with Crippen LogP contribution < -0.4 is 11.1 Å². The number of nitrogens with two attached hydrogens (primary N) is 1. The highest BCUT2D eigenvalue weighted by atomic mass is 16.1. The van der Waals surface area contributed by atoms with Crippen LogP contribution in [-0.4, -0.2) is 22.0 Å². The minimum absolute atomic E-state index is 0.0505. The van der Waals surface area contributed by atoms with E-state index in [-0.39, 0.29) is 11.3 Å². The highest BCUT2D eigenvalue weighted by molar-refractivity contribution is 5.79. The monoisotopic (exact) mass is 278 g/mol. The van der Waals surface area contributed by atoms with Crippen molar-refractivity contribution in [3.05, 3.63) is 17.2 Å². The summed E-state index contributed by atoms with van der Waals surface area (Å²) in [6.45, 7) is 12.6. The van der Waals surface area contributed by atoms with E-state index in [1.54, 1.807) is 0 Å². The molecule has 1 aliphatic heterocycles. The Kier molecular flexibility index (Phi) is 3.67. The lowest BCUT2D eigenvalue weighted by Gasteiger charge is -2.28. The fraction of sp³-hybridized carbons (Fsp3) is 0.733. The van der Waals surface area contributed by atoms with Crippen LogP contribution in [-0.2, 0) is 29.7 Å². The third-order valence-corrected chi connectivity index (χ3v) is 3.88. The van der Waals surface area contributed by atoms with Crippen molar-refractivity contribution in [3.8, 4) is 0 Å². The van der Waals surface area contributed by atoms with Crippen molar-refractivity contribution in [1.82, 2.24) is 14.9 Å². The van der Waals surface area contributed by atoms with Crippen LogP contribution in [0, 0.1) is 5.41 Å². The lowest BCUT2D eigenvalue weighted by atomic mass is 9.90. The molecular weight excluding hydrogens is 252 g/mol. The number of fused-ring (bicyclic) bond motifs is 1. The molecule has 1 amide bonds. The molecule has 0 radical (unpaired) electrons. The summed E-state index contributed by atoms with van der Waals surface area (Å²) >= 11 is 0. The van der Waals surface area contributed by atoms with Crippen LogP contribution in [0.1, 0.15) is 51.8 Å². The van der Waals surface area contributed by atoms with E-state index in [0.717, 1.165) is 31.0 Å². The maximum absolute atomic E-state index is 11.7. The normalized spacial score (nSPS) is 16.1. The first-order valence-corrected chi connectivity index (χ1v) is 7.22. The molecule has 0 saturated heterocycles. The number of carbonyl (C=O) groups excluding carboxylic acids is 1. The van der Waals surface area contributed by atoms with E-state index in [1.807, 2.05) is 13.8 Å². The molecule has 0 atom stereocenters. The molecule has 2 heterocycles. The number of amides is 1. The van der Waals surface area contributed by atoms with Gasteiger partial charge in [-0.15, -0.1) is 0 Å². The smallest absolute Gasteiger partial charge is 0.224 e. The van der Waals surface area contributed by atoms with E-state index in [4.69, 9.17) is 10.7 Å². The largest absolute Gasteiger partial charge is 0.369 e. The van der Waals surface area contributed by atoms with Gasteiger partial charge < -0.3 is 15.6 Å². The SMILES string of the molecule is CC(C)(Cn1c(C(C)(C)C)nc2c1CCNC2)C(N)=O. The molecule has 1 aromatic heterocycles. The van der Waals surface area contributed by atoms with Gasteiger partial charge in [0.15, 0.2) is 0 Å². The Labute approximate surface area is 120 Å². The van der Waals surface area contributed by atoms with Gasteiger partial charge in [-0.2, -0.15) is 0 Å². The molecular formula is C15H26N4O. The van der Waals surface area contributed by atoms with Gasteiger partial charge in [0.1, 0.15) is 5.82 Å². The van der Waals surface area contributed by atoms with Gasteiger partial charge in [0.25, 0.3) is 0 Å². The van der Waals surface area contributed by atoms with Crippen molar-refractivity contribution >= 4 is 5.91 Å². The fourth-order valence-corrected chi connectivity index (χ4v) is 2.59. The van der Waals surface area contributed by atoms with Gasteiger partial charge in [0, 0.05) is 37.2 Å². The highest BCUT2D eigenvalue weighted by Crippen LogP contribution is 2.29. The van der Waals surface area contributed by atoms with Crippen LogP contribution in [0.2, 0.25) is 0 Å². The van der Waals surface area contributed by atoms with Crippen molar-refractivity contribution < 1.29 is 4.79 Å². The maximum atomic E-state index is 11.7. The number of hydrogen-bond donors (Lipinski definition) is 2. The second-order valence-corrected chi connectivity index (χ2v) is 7.34. The Morgan fingerprint density at radius 1 is 1.35 bits per heavy atom. The van der Waals surface area contributed by atoms with Crippen molar-refractivity contribution in [2.45, 2.75) is 59.5 Å². The summed E-state index contributed by atoms with van der Waals surface area (Å²) < 4.78 is 2.22. The molecule has 0 aliphatic carbocycles. The van der Waals surface area contributed by atoms with Gasteiger partial charge in [-0.1, -0.05) is 20.8 Å². The van der Waals surface area contributed by atoms with Crippen LogP contribution in [0.5, 0.6) is 0 Å². The predicted molar refractivity (Wildman–Crippen MR) is 79.3 cm³/mol. The maximum Gasteiger partial charge on any atom is 0.224 e. The molecule has 2 rings (SSSR count). The fourth-order valence-electron chi connectivity index (χ4n) is 2.59. The topological polar surface area (TPSA) is 72.9 Å². The zero-order valence-corrected chi connectivity index (χ0v) is 13.2. The molecule has 0 unspecified atom stereocenters. The molecule has 0 aromatic carbocycles. The Morgan fingerprint density at radius 3 is 2.55 bits per heavy atom. The third kappa shape index (κ3) is 2.73. The minimum Gasteiger partial charge on any atom is -0.369 e. The molecule has 0 fully saturated rings. The molecule has 5 heteroatoms. The van der Waals surface area contributed by atoms with Gasteiger partial charge in [-0.25, -0.2) is 4.98 Å². The Balaban J connectivity index is 2.49. The standard InChI is InChI=1S/C15H26N4O/c1-14(2,3)13-18-10-8-17-7-6-11(10)19(13)9-15(4,5)12(16)20/h17H,6-9H2,1-5H3,(H2,16,20). The first-order chi connectivity index (χ1) is 9.13. The Hall–Kier alpha value is -1.36. The molecule has 20 heavy (non-hydrogen) atoms. The number of aromatic nitrogens is 2. The van der Waals surface area contributed by atoms with Crippen LogP contribution in [0.4, 0.5) is 0 Å². The van der Waals surface area contributed by atoms with Crippen LogP contribution in [0.15, 0.2) is 0 Å². The van der Waals surface area contributed by atoms with Gasteiger partial charge >= 0.3 is 0 Å². The summed E-state index contributed by atoms with van der Waals surface area (Å²) in [7, 11) is 0. The average molecular weight is 278 g/mol. The third-order valence-electron chi connectivity index (χ3n) is 3.88. The molecule has 0 saturated carbocycles. The molecule has 1 aromatic rings. The lowest BCUT2D eigenvalue weighted by molar-refractivity contribution is -0.126. The molecule has 1 aliphatic rings. The van der Waals surface area contributed by atoms with E-state index in [2.05, 4.69) is 30.7 Å². The van der Waals surface area contributed by atoms with Crippen molar-refractivity contribution in [3.63, 3.8) is 0 Å². The number of primary amides is 1. The van der Waals surface area contributed by atoms with Crippen LogP contribution in [0.25, 0.3) is 0 Å². The molecule has 5 nitrogen and oxygen atoms in total. The van der Waals surface area contributed by atoms with E-state index in [1.165, 1.54) is 5.69 Å². The summed E-state index contributed by atoms with van der Waals surface area (Å²) in [6.07, 6.45) is 0.952. The van der Waals surface area contributed by atoms with E-state index >= 15 is 0 Å². The van der Waals surface area contributed by atoms with E-state index in [0.29, 0.717) is 6.54 Å². The van der Waals surface area contributed by atoms with Crippen molar-refractivity contribution in [2.75, 3.05) is 6.54 Å². The summed E-state index contributed by atoms with van der Waals surface area (Å²) in [6, 6.07) is 0. The summed E-state index contributed by atoms with van der Waals surface area (Å²) in [4.78, 5) is 16.5. The van der Waals surface area contributed by atoms with Crippen molar-refractivity contribution in [2.24, 2.45) is 11.1 Å². The average Bonchev–Trinajstić information content (AvgIpc) is 2.67. The van der Waals surface area contributed by atoms with Gasteiger partial charge in [-0.05, 0) is 13.8 Å². The zero-order chi connectivity index (χ0) is 15.1. The van der Waals surface area contributed by atoms with Crippen molar-refractivity contribution in [1.29, 1.82) is 0 Å². The van der Waals surface area contributed by atoms with Gasteiger partial charge in [0.05, 0.1) is 11.1 Å². The quantitative estimate of drug-likeness (QED) is 0.876. The summed E-state index contributed by atoms with van der Waals surface area (Å²) in [5.74, 6) is 0.772. The molecule has 0 spiro atoms. The molecule has 112 valence electrons. The number of hydrogen-bond acceptors (Lipinski definition) is 3. The number of nitrogens with zero attached hydrogens (tertiary/aromatic N) is 2. The second-order valence-electron chi connectivity index (χ2n) is 7.34. The lowest BCUT2D eigenvalue weighted by Crippen LogP contribution is -2.37. The predicted octanol–water partition coefficient (Wildman–Crippen LogP) is 1.34. The van der Waals surface area contributed by atoms with Gasteiger partial charge in [0.2, 0.25) is 5.91 Å². The second kappa shape index (κ2) is 4.88. The highest BCUT2D eigenvalue weighted by Gasteiger charge is 2.32. The minimum atomic E-state index is -0.570. The number of carbonyl (C=O) groups is 1. The summed E-state index contributed by atoms with van der Waals surface area (Å²) in [5, 5.41) is 3.35. The summed E-state index contributed by atoms with van der Waals surface area (Å²) in [5.41, 5.74) is 7.28. The number of nitrogens with one attached hydrogen (secondary N) is 1. The van der Waals surface area contributed by atoms with Gasteiger partial charge in [-0.3, -0.25) is 4.79 Å². The first kappa shape index (κ1) is 15.0. The number of imidazole rings is 1. The van der Waals surface area contributed by atoms with Crippen LogP contribution >= 0.6 is 0 Å². The number of rotatable bonds is 3. The zero-order valence-electron chi connectivity index (χ0n) is 13.2.